The van der Waals surface area contributed by atoms with E-state index in [2.05, 4.69) is 4.99 Å². The zero-order chi connectivity index (χ0) is 13.1. The predicted octanol–water partition coefficient (Wildman–Crippen LogP) is 1.91. The maximum atomic E-state index is 11.3. The van der Waals surface area contributed by atoms with E-state index in [1.165, 1.54) is 24.3 Å². The van der Waals surface area contributed by atoms with Crippen LogP contribution in [0.2, 0.25) is 0 Å². The third-order valence-corrected chi connectivity index (χ3v) is 2.55. The molecule has 0 aliphatic heterocycles. The molecule has 0 amide bonds. The van der Waals surface area contributed by atoms with Gasteiger partial charge in [0.2, 0.25) is 0 Å². The van der Waals surface area contributed by atoms with Crippen molar-refractivity contribution >= 4 is 17.2 Å². The Labute approximate surface area is 105 Å². The van der Waals surface area contributed by atoms with Crippen molar-refractivity contribution in [1.82, 2.24) is 0 Å². The molecule has 18 heavy (non-hydrogen) atoms. The van der Waals surface area contributed by atoms with E-state index in [1.807, 2.05) is 0 Å². The predicted molar refractivity (Wildman–Crippen MR) is 69.1 cm³/mol. The highest BCUT2D eigenvalue weighted by Crippen LogP contribution is 2.20. The van der Waals surface area contributed by atoms with Crippen molar-refractivity contribution in [2.75, 3.05) is 0 Å². The summed E-state index contributed by atoms with van der Waals surface area (Å²) in [7, 11) is 0. The summed E-state index contributed by atoms with van der Waals surface area (Å²) in [5.41, 5.74) is 1.69. The molecule has 92 valence electrons. The summed E-state index contributed by atoms with van der Waals surface area (Å²) < 4.78 is 0. The Morgan fingerprint density at radius 3 is 2.44 bits per heavy atom. The molecule has 1 aromatic rings. The molecule has 4 heteroatoms. The van der Waals surface area contributed by atoms with Gasteiger partial charge >= 0.3 is 0 Å². The molecule has 2 rings (SSSR count). The van der Waals surface area contributed by atoms with Gasteiger partial charge in [0.15, 0.2) is 5.78 Å². The standard InChI is InChI=1S/C14H13NO3/c1-9(16)13-8-12(18)6-7-14(13)15-10-2-4-11(17)5-3-10/h2-9,16-17H,1H3/b15-14-. The average Bonchev–Trinajstić information content (AvgIpc) is 2.34. The Hall–Kier alpha value is -2.20. The zero-order valence-corrected chi connectivity index (χ0v) is 9.87. The van der Waals surface area contributed by atoms with E-state index in [4.69, 9.17) is 0 Å². The highest BCUT2D eigenvalue weighted by Gasteiger charge is 2.15. The number of phenols is 1. The number of hydrogen-bond donors (Lipinski definition) is 2. The van der Waals surface area contributed by atoms with Crippen molar-refractivity contribution in [2.45, 2.75) is 13.0 Å². The number of ketones is 1. The van der Waals surface area contributed by atoms with E-state index >= 15 is 0 Å². The van der Waals surface area contributed by atoms with E-state index in [9.17, 15) is 15.0 Å². The fourth-order valence-electron chi connectivity index (χ4n) is 1.64. The summed E-state index contributed by atoms with van der Waals surface area (Å²) >= 11 is 0. The number of phenolic OH excluding ortho intramolecular Hbond substituents is 1. The Kier molecular flexibility index (Phi) is 3.39. The van der Waals surface area contributed by atoms with Crippen LogP contribution in [0.1, 0.15) is 6.92 Å². The molecule has 0 aromatic heterocycles. The summed E-state index contributed by atoms with van der Waals surface area (Å²) in [5, 5.41) is 18.8. The third kappa shape index (κ3) is 2.73. The first kappa shape index (κ1) is 12.3. The van der Waals surface area contributed by atoms with E-state index in [0.717, 1.165) is 0 Å². The second-order valence-electron chi connectivity index (χ2n) is 4.02. The van der Waals surface area contributed by atoms with Crippen molar-refractivity contribution in [3.63, 3.8) is 0 Å². The minimum absolute atomic E-state index is 0.157. The van der Waals surface area contributed by atoms with Gasteiger partial charge in [-0.15, -0.1) is 0 Å². The Morgan fingerprint density at radius 2 is 1.83 bits per heavy atom. The molecule has 0 saturated carbocycles. The molecule has 2 N–H and O–H groups in total. The Bertz CT molecular complexity index is 551. The summed E-state index contributed by atoms with van der Waals surface area (Å²) in [6.07, 6.45) is 3.61. The molecule has 1 aliphatic carbocycles. The molecule has 1 aliphatic rings. The molecule has 0 bridgehead atoms. The topological polar surface area (TPSA) is 69.9 Å². The van der Waals surface area contributed by atoms with Gasteiger partial charge in [0.05, 0.1) is 17.5 Å². The largest absolute Gasteiger partial charge is 0.508 e. The fraction of sp³-hybridized carbons (Fsp3) is 0.143. The normalized spacial score (nSPS) is 18.9. The molecule has 0 heterocycles. The number of aliphatic imine (C=N–C) groups is 1. The molecule has 1 aromatic carbocycles. The van der Waals surface area contributed by atoms with Gasteiger partial charge < -0.3 is 10.2 Å². The van der Waals surface area contributed by atoms with Crippen LogP contribution in [-0.2, 0) is 4.79 Å². The molecule has 0 saturated heterocycles. The van der Waals surface area contributed by atoms with Gasteiger partial charge in [0.25, 0.3) is 0 Å². The van der Waals surface area contributed by atoms with E-state index in [1.54, 1.807) is 25.1 Å². The molecule has 0 spiro atoms. The minimum atomic E-state index is -0.755. The lowest BCUT2D eigenvalue weighted by atomic mass is 9.98. The maximum absolute atomic E-state index is 11.3. The van der Waals surface area contributed by atoms with Gasteiger partial charge in [0.1, 0.15) is 5.75 Å². The van der Waals surface area contributed by atoms with Gasteiger partial charge in [-0.05, 0) is 49.4 Å². The first-order valence-electron chi connectivity index (χ1n) is 5.56. The van der Waals surface area contributed by atoms with Crippen LogP contribution in [0.4, 0.5) is 5.69 Å². The molecule has 0 fully saturated rings. The SMILES string of the molecule is CC(O)C1=CC(=O)C=C/C1=N/c1ccc(O)cc1. The van der Waals surface area contributed by atoms with Crippen molar-refractivity contribution in [1.29, 1.82) is 0 Å². The van der Waals surface area contributed by atoms with Crippen LogP contribution in [-0.4, -0.2) is 27.8 Å². The van der Waals surface area contributed by atoms with Crippen LogP contribution >= 0.6 is 0 Å². The lowest BCUT2D eigenvalue weighted by Gasteiger charge is -2.13. The van der Waals surface area contributed by atoms with Gasteiger partial charge in [-0.1, -0.05) is 0 Å². The van der Waals surface area contributed by atoms with Gasteiger partial charge in [-0.25, -0.2) is 4.99 Å². The number of aliphatic hydroxyl groups excluding tert-OH is 1. The number of benzene rings is 1. The highest BCUT2D eigenvalue weighted by atomic mass is 16.3. The van der Waals surface area contributed by atoms with Crippen LogP contribution in [0.5, 0.6) is 5.75 Å². The number of aromatic hydroxyl groups is 1. The lowest BCUT2D eigenvalue weighted by Crippen LogP contribution is -2.17. The first-order chi connectivity index (χ1) is 8.56. The number of carbonyl (C=O) groups excluding carboxylic acids is 1. The van der Waals surface area contributed by atoms with Crippen molar-refractivity contribution < 1.29 is 15.0 Å². The quantitative estimate of drug-likeness (QED) is 0.779. The monoisotopic (exact) mass is 243 g/mol. The highest BCUT2D eigenvalue weighted by molar-refractivity contribution is 6.20. The smallest absolute Gasteiger partial charge is 0.179 e. The average molecular weight is 243 g/mol. The van der Waals surface area contributed by atoms with Crippen molar-refractivity contribution in [3.8, 4) is 5.75 Å². The Morgan fingerprint density at radius 1 is 1.17 bits per heavy atom. The van der Waals surface area contributed by atoms with Crippen LogP contribution in [0.3, 0.4) is 0 Å². The Balaban J connectivity index is 2.37. The molecule has 0 radical (unpaired) electrons. The van der Waals surface area contributed by atoms with Gasteiger partial charge in [0, 0.05) is 5.57 Å². The third-order valence-electron chi connectivity index (χ3n) is 2.55. The van der Waals surface area contributed by atoms with Crippen LogP contribution in [0.25, 0.3) is 0 Å². The summed E-state index contributed by atoms with van der Waals surface area (Å²) in [6, 6.07) is 6.38. The van der Waals surface area contributed by atoms with E-state index in [0.29, 0.717) is 17.0 Å². The fourth-order valence-corrected chi connectivity index (χ4v) is 1.64. The molecular weight excluding hydrogens is 230 g/mol. The van der Waals surface area contributed by atoms with Crippen LogP contribution in [0.15, 0.2) is 53.1 Å². The number of carbonyl (C=O) groups is 1. The number of rotatable bonds is 2. The molecule has 1 atom stereocenters. The summed E-state index contributed by atoms with van der Waals surface area (Å²) in [6.45, 7) is 1.59. The minimum Gasteiger partial charge on any atom is -0.508 e. The van der Waals surface area contributed by atoms with Gasteiger partial charge in [-0.3, -0.25) is 4.79 Å². The number of nitrogens with zero attached hydrogens (tertiary/aromatic N) is 1. The number of aliphatic hydroxyl groups is 1. The second-order valence-corrected chi connectivity index (χ2v) is 4.02. The summed E-state index contributed by atoms with van der Waals surface area (Å²) in [5.74, 6) is 0.00941. The molecular formula is C14H13NO3. The molecule has 4 nitrogen and oxygen atoms in total. The van der Waals surface area contributed by atoms with E-state index < -0.39 is 6.10 Å². The lowest BCUT2D eigenvalue weighted by molar-refractivity contribution is -0.110. The van der Waals surface area contributed by atoms with Crippen LogP contribution in [0, 0.1) is 0 Å². The zero-order valence-electron chi connectivity index (χ0n) is 9.87. The number of allylic oxidation sites excluding steroid dienone is 3. The van der Waals surface area contributed by atoms with Crippen molar-refractivity contribution in [2.24, 2.45) is 4.99 Å². The first-order valence-corrected chi connectivity index (χ1v) is 5.56. The van der Waals surface area contributed by atoms with Crippen molar-refractivity contribution in [3.05, 3.63) is 48.1 Å². The maximum Gasteiger partial charge on any atom is 0.179 e. The number of hydrogen-bond acceptors (Lipinski definition) is 4. The van der Waals surface area contributed by atoms with Crippen LogP contribution < -0.4 is 0 Å². The summed E-state index contributed by atoms with van der Waals surface area (Å²) in [4.78, 5) is 15.6. The van der Waals surface area contributed by atoms with E-state index in [-0.39, 0.29) is 11.5 Å². The molecule has 1 unspecified atom stereocenters. The van der Waals surface area contributed by atoms with Gasteiger partial charge in [-0.2, -0.15) is 0 Å². The second kappa shape index (κ2) is 4.98.